The molecule has 0 aliphatic rings. The van der Waals surface area contributed by atoms with Crippen molar-refractivity contribution in [2.45, 2.75) is 38.4 Å². The molecule has 1 aromatic carbocycles. The average molecular weight is 518 g/mol. The zero-order chi connectivity index (χ0) is 25.5. The minimum Gasteiger partial charge on any atom is -0.483 e. The fraction of sp³-hybridized carbons (Fsp3) is 0.292. The van der Waals surface area contributed by atoms with Crippen LogP contribution in [0.25, 0.3) is 22.3 Å². The maximum atomic E-state index is 13.3. The zero-order valence-corrected chi connectivity index (χ0v) is 21.1. The highest BCUT2D eigenvalue weighted by molar-refractivity contribution is 7.90. The van der Waals surface area contributed by atoms with Crippen molar-refractivity contribution in [1.29, 1.82) is 0 Å². The first-order valence-corrected chi connectivity index (χ1v) is 13.0. The molecule has 9 nitrogen and oxygen atoms in total. The van der Waals surface area contributed by atoms with Gasteiger partial charge in [-0.15, -0.1) is 0 Å². The largest absolute Gasteiger partial charge is 0.483 e. The average Bonchev–Trinajstić information content (AvgIpc) is 3.25. The molecule has 0 aliphatic carbocycles. The maximum Gasteiger partial charge on any atom is 0.198 e. The van der Waals surface area contributed by atoms with Gasteiger partial charge in [-0.1, -0.05) is 11.6 Å². The van der Waals surface area contributed by atoms with Crippen LogP contribution in [0.5, 0.6) is 5.75 Å². The Bertz CT molecular complexity index is 1590. The summed E-state index contributed by atoms with van der Waals surface area (Å²) in [5, 5.41) is 13.5. The summed E-state index contributed by atoms with van der Waals surface area (Å²) in [6.45, 7) is 5.50. The van der Waals surface area contributed by atoms with Gasteiger partial charge in [-0.05, 0) is 50.6 Å². The first-order valence-electron chi connectivity index (χ1n) is 10.7. The number of fused-ring (bicyclic) bond motifs is 1. The predicted molar refractivity (Wildman–Crippen MR) is 132 cm³/mol. The molecule has 0 aliphatic heterocycles. The van der Waals surface area contributed by atoms with Crippen LogP contribution in [-0.2, 0) is 16.4 Å². The number of ether oxygens (including phenoxy) is 1. The second kappa shape index (κ2) is 9.44. The summed E-state index contributed by atoms with van der Waals surface area (Å²) >= 11 is 5.90. The number of nitrogens with zero attached hydrogens (tertiary/aromatic N) is 3. The van der Waals surface area contributed by atoms with E-state index in [1.54, 1.807) is 37.0 Å². The molecule has 1 atom stereocenters. The minimum atomic E-state index is -3.71. The van der Waals surface area contributed by atoms with Crippen LogP contribution in [0.1, 0.15) is 29.7 Å². The molecule has 3 heterocycles. The molecule has 0 unspecified atom stereocenters. The fourth-order valence-corrected chi connectivity index (χ4v) is 4.81. The molecular formula is C24H24ClN3O6S. The highest BCUT2D eigenvalue weighted by Crippen LogP contribution is 2.34. The Morgan fingerprint density at radius 1 is 1.26 bits per heavy atom. The number of aliphatic hydroxyl groups excluding tert-OH is 1. The smallest absolute Gasteiger partial charge is 0.198 e. The molecule has 11 heteroatoms. The molecule has 1 N–H and O–H groups in total. The van der Waals surface area contributed by atoms with E-state index in [2.05, 4.69) is 10.1 Å². The molecule has 0 radical (unpaired) electrons. The highest BCUT2D eigenvalue weighted by Gasteiger charge is 2.23. The lowest BCUT2D eigenvalue weighted by Gasteiger charge is -2.19. The Balaban J connectivity index is 1.86. The van der Waals surface area contributed by atoms with Gasteiger partial charge in [-0.3, -0.25) is 9.48 Å². The molecular weight excluding hydrogens is 494 g/mol. The summed E-state index contributed by atoms with van der Waals surface area (Å²) in [5.74, 6) is 0.396. The monoisotopic (exact) mass is 517 g/mol. The van der Waals surface area contributed by atoms with Crippen LogP contribution < -0.4 is 10.2 Å². The second-order valence-corrected chi connectivity index (χ2v) is 10.6. The van der Waals surface area contributed by atoms with Gasteiger partial charge in [-0.2, -0.15) is 5.10 Å². The van der Waals surface area contributed by atoms with Gasteiger partial charge >= 0.3 is 0 Å². The lowest BCUT2D eigenvalue weighted by molar-refractivity contribution is 0.219. The summed E-state index contributed by atoms with van der Waals surface area (Å²) in [6, 6.07) is 6.46. The third kappa shape index (κ3) is 4.95. The van der Waals surface area contributed by atoms with Crippen molar-refractivity contribution in [3.8, 4) is 17.1 Å². The van der Waals surface area contributed by atoms with Crippen LogP contribution in [0, 0.1) is 13.8 Å². The van der Waals surface area contributed by atoms with Crippen LogP contribution >= 0.6 is 11.6 Å². The third-order valence-corrected chi connectivity index (χ3v) is 6.71. The molecule has 3 aromatic heterocycles. The molecule has 0 saturated carbocycles. The van der Waals surface area contributed by atoms with Gasteiger partial charge in [0, 0.05) is 23.6 Å². The molecule has 0 bridgehead atoms. The summed E-state index contributed by atoms with van der Waals surface area (Å²) in [5.41, 5.74) is 2.53. The van der Waals surface area contributed by atoms with Crippen molar-refractivity contribution in [2.24, 2.45) is 0 Å². The van der Waals surface area contributed by atoms with Crippen LogP contribution in [0.15, 0.2) is 50.9 Å². The Morgan fingerprint density at radius 2 is 2.00 bits per heavy atom. The minimum absolute atomic E-state index is 0.0271. The standard InChI is InChI=1S/C24H24ClN3O6S/c1-13-9-17(15(3)33-19-5-6-20(25)27-24(19)35(4,31)32)23-18(10-13)21(30)14(2)22(34-23)16-11-26-28(12-16)7-8-29/h5-6,9-12,15,29H,7-8H2,1-4H3/t15-/m1/s1. The van der Waals surface area contributed by atoms with Gasteiger partial charge in [0.2, 0.25) is 0 Å². The van der Waals surface area contributed by atoms with E-state index in [9.17, 15) is 18.3 Å². The number of hydrogen-bond acceptors (Lipinski definition) is 8. The molecule has 4 rings (SSSR count). The van der Waals surface area contributed by atoms with E-state index >= 15 is 0 Å². The maximum absolute atomic E-state index is 13.3. The van der Waals surface area contributed by atoms with Gasteiger partial charge in [0.15, 0.2) is 26.0 Å². The van der Waals surface area contributed by atoms with Crippen LogP contribution in [0.3, 0.4) is 0 Å². The van der Waals surface area contributed by atoms with Crippen molar-refractivity contribution < 1.29 is 22.7 Å². The molecule has 0 spiro atoms. The Labute approximate surface area is 206 Å². The van der Waals surface area contributed by atoms with Gasteiger partial charge < -0.3 is 14.3 Å². The quantitative estimate of drug-likeness (QED) is 0.366. The molecule has 0 fully saturated rings. The number of sulfone groups is 1. The van der Waals surface area contributed by atoms with Crippen molar-refractivity contribution in [3.63, 3.8) is 0 Å². The topological polar surface area (TPSA) is 125 Å². The van der Waals surface area contributed by atoms with E-state index < -0.39 is 15.9 Å². The van der Waals surface area contributed by atoms with Gasteiger partial charge in [0.1, 0.15) is 22.6 Å². The van der Waals surface area contributed by atoms with E-state index in [4.69, 9.17) is 20.8 Å². The van der Waals surface area contributed by atoms with Gasteiger partial charge in [-0.25, -0.2) is 13.4 Å². The van der Waals surface area contributed by atoms with Crippen LogP contribution in [0.4, 0.5) is 0 Å². The van der Waals surface area contributed by atoms with Crippen LogP contribution in [-0.4, -0.2) is 41.2 Å². The normalized spacial score (nSPS) is 12.7. The summed E-state index contributed by atoms with van der Waals surface area (Å²) in [7, 11) is -3.71. The summed E-state index contributed by atoms with van der Waals surface area (Å²) in [6.07, 6.45) is 3.59. The number of rotatable bonds is 7. The first-order chi connectivity index (χ1) is 16.5. The van der Waals surface area contributed by atoms with Crippen molar-refractivity contribution >= 4 is 32.4 Å². The van der Waals surface area contributed by atoms with Gasteiger partial charge in [0.25, 0.3) is 0 Å². The van der Waals surface area contributed by atoms with Crippen LogP contribution in [0.2, 0.25) is 5.15 Å². The number of benzene rings is 1. The second-order valence-electron chi connectivity index (χ2n) is 8.30. The number of hydrogen-bond donors (Lipinski definition) is 1. The first kappa shape index (κ1) is 24.9. The lowest BCUT2D eigenvalue weighted by Crippen LogP contribution is -2.12. The Hall–Kier alpha value is -3.21. The number of pyridine rings is 1. The Morgan fingerprint density at radius 3 is 2.69 bits per heavy atom. The number of aromatic nitrogens is 3. The number of halogens is 1. The van der Waals surface area contributed by atoms with Crippen molar-refractivity contribution in [2.75, 3.05) is 12.9 Å². The van der Waals surface area contributed by atoms with Crippen molar-refractivity contribution in [1.82, 2.24) is 14.8 Å². The number of aryl methyl sites for hydroxylation is 1. The van der Waals surface area contributed by atoms with Gasteiger partial charge in [0.05, 0.1) is 30.3 Å². The lowest BCUT2D eigenvalue weighted by atomic mass is 10.0. The highest BCUT2D eigenvalue weighted by atomic mass is 35.5. The van der Waals surface area contributed by atoms with E-state index in [-0.39, 0.29) is 28.0 Å². The summed E-state index contributed by atoms with van der Waals surface area (Å²) < 4.78 is 38.3. The van der Waals surface area contributed by atoms with E-state index in [0.29, 0.717) is 40.0 Å². The van der Waals surface area contributed by atoms with E-state index in [1.165, 1.54) is 12.1 Å². The predicted octanol–water partition coefficient (Wildman–Crippen LogP) is 3.86. The van der Waals surface area contributed by atoms with E-state index in [1.807, 2.05) is 13.0 Å². The molecule has 0 amide bonds. The SMILES string of the molecule is Cc1cc([C@@H](C)Oc2ccc(Cl)nc2S(C)(=O)=O)c2oc(-c3cnn(CCO)c3)c(C)c(=O)c2c1. The fourth-order valence-electron chi connectivity index (χ4n) is 3.86. The molecule has 0 saturated heterocycles. The number of aliphatic hydroxyl groups is 1. The third-order valence-electron chi connectivity index (χ3n) is 5.50. The molecule has 184 valence electrons. The Kier molecular flexibility index (Phi) is 6.72. The van der Waals surface area contributed by atoms with E-state index in [0.717, 1.165) is 11.8 Å². The molecule has 4 aromatic rings. The summed E-state index contributed by atoms with van der Waals surface area (Å²) in [4.78, 5) is 17.2. The van der Waals surface area contributed by atoms with Crippen molar-refractivity contribution in [3.05, 3.63) is 68.7 Å². The molecule has 35 heavy (non-hydrogen) atoms. The zero-order valence-electron chi connectivity index (χ0n) is 19.6.